The average molecular weight is 684 g/mol. The summed E-state index contributed by atoms with van der Waals surface area (Å²) in [7, 11) is 1.91. The fourth-order valence-corrected chi connectivity index (χ4v) is 11.7. The minimum atomic E-state index is -0.724. The van der Waals surface area contributed by atoms with Gasteiger partial charge in [-0.3, -0.25) is 24.2 Å². The summed E-state index contributed by atoms with van der Waals surface area (Å²) in [6, 6.07) is 24.5. The number of likely N-dealkylation sites (N-methyl/N-ethyl adjacent to an activating group) is 1. The quantitative estimate of drug-likeness (QED) is 0.285. The minimum absolute atomic E-state index is 0.183. The minimum Gasteiger partial charge on any atom is -0.304 e. The van der Waals surface area contributed by atoms with E-state index < -0.39 is 16.6 Å². The van der Waals surface area contributed by atoms with Gasteiger partial charge in [-0.2, -0.15) is 0 Å². The van der Waals surface area contributed by atoms with Crippen LogP contribution in [0.1, 0.15) is 140 Å². The smallest absolute Gasteiger partial charge is 0.165 e. The number of rotatable bonds is 6. The summed E-state index contributed by atoms with van der Waals surface area (Å²) >= 11 is 0. The van der Waals surface area contributed by atoms with Crippen LogP contribution in [0.4, 0.5) is 0 Å². The van der Waals surface area contributed by atoms with E-state index in [1.807, 2.05) is 7.05 Å². The normalized spacial score (nSPS) is 34.1. The zero-order chi connectivity index (χ0) is 35.0. The van der Waals surface area contributed by atoms with Crippen LogP contribution in [-0.4, -0.2) is 53.8 Å². The van der Waals surface area contributed by atoms with Crippen LogP contribution in [0.3, 0.4) is 0 Å². The third kappa shape index (κ3) is 4.88. The number of carbonyl (C=O) groups excluding carboxylic acids is 3. The number of Topliss-reactive ketones (excluding diaryl/α,β-unsaturated/α-hetero) is 3. The van der Waals surface area contributed by atoms with Gasteiger partial charge in [-0.25, -0.2) is 0 Å². The fraction of sp³-hybridized carbons (Fsp3) is 0.533. The van der Waals surface area contributed by atoms with Crippen molar-refractivity contribution >= 4 is 17.3 Å². The molecular weight excluding hydrogens is 631 g/mol. The Hall–Kier alpha value is -3.45. The zero-order valence-electron chi connectivity index (χ0n) is 30.5. The summed E-state index contributed by atoms with van der Waals surface area (Å²) in [5.74, 6) is 0.467. The molecule has 3 aromatic rings. The highest BCUT2D eigenvalue weighted by atomic mass is 16.1. The summed E-state index contributed by atoms with van der Waals surface area (Å²) in [6.45, 7) is 4.91. The molecule has 2 saturated heterocycles. The number of nitrogens with zero attached hydrogens (tertiary/aromatic N) is 2. The fourth-order valence-electron chi connectivity index (χ4n) is 11.7. The van der Waals surface area contributed by atoms with E-state index in [2.05, 4.69) is 88.8 Å². The predicted molar refractivity (Wildman–Crippen MR) is 200 cm³/mol. The number of hydrogen-bond acceptors (Lipinski definition) is 6. The van der Waals surface area contributed by atoms with Gasteiger partial charge in [0.25, 0.3) is 0 Å². The second-order valence-electron chi connectivity index (χ2n) is 16.7. The molecule has 2 bridgehead atoms. The molecule has 3 aromatic carbocycles. The van der Waals surface area contributed by atoms with Crippen molar-refractivity contribution in [1.82, 2.24) is 15.1 Å². The van der Waals surface area contributed by atoms with E-state index in [-0.39, 0.29) is 23.4 Å². The lowest BCUT2D eigenvalue weighted by Gasteiger charge is -2.58. The Bertz CT molecular complexity index is 1900. The van der Waals surface area contributed by atoms with Gasteiger partial charge < -0.3 is 5.32 Å². The van der Waals surface area contributed by atoms with Gasteiger partial charge in [0.1, 0.15) is 16.6 Å². The number of likely N-dealkylation sites (tertiary alicyclic amines) is 1. The second kappa shape index (κ2) is 12.6. The number of nitrogens with one attached hydrogen (secondary N) is 1. The Morgan fingerprint density at radius 1 is 0.627 bits per heavy atom. The molecule has 0 radical (unpaired) electrons. The van der Waals surface area contributed by atoms with Crippen molar-refractivity contribution in [2.75, 3.05) is 26.7 Å². The molecule has 3 saturated carbocycles. The van der Waals surface area contributed by atoms with Crippen LogP contribution in [0.25, 0.3) is 0 Å². The number of hydrogen-bond donors (Lipinski definition) is 1. The monoisotopic (exact) mass is 683 g/mol. The molecule has 0 amide bonds. The highest BCUT2D eigenvalue weighted by Crippen LogP contribution is 2.56. The van der Waals surface area contributed by atoms with Crippen LogP contribution < -0.4 is 5.32 Å². The summed E-state index contributed by atoms with van der Waals surface area (Å²) in [5, 5.41) is 3.44. The van der Waals surface area contributed by atoms with E-state index in [4.69, 9.17) is 0 Å². The first-order valence-electron chi connectivity index (χ1n) is 20.0. The van der Waals surface area contributed by atoms with Crippen molar-refractivity contribution in [3.63, 3.8) is 0 Å². The number of ketones is 3. The molecule has 9 rings (SSSR count). The third-order valence-corrected chi connectivity index (χ3v) is 14.3. The molecule has 51 heavy (non-hydrogen) atoms. The van der Waals surface area contributed by atoms with Gasteiger partial charge in [-0.15, -0.1) is 0 Å². The first-order chi connectivity index (χ1) is 24.8. The molecule has 1 N–H and O–H groups in total. The second-order valence-corrected chi connectivity index (χ2v) is 16.7. The first-order valence-corrected chi connectivity index (χ1v) is 20.0. The molecule has 6 aliphatic rings. The van der Waals surface area contributed by atoms with Crippen molar-refractivity contribution in [3.8, 4) is 0 Å². The molecule has 0 aromatic heterocycles. The lowest BCUT2D eigenvalue weighted by molar-refractivity contribution is -0.147. The number of benzene rings is 3. The zero-order valence-corrected chi connectivity index (χ0v) is 30.5. The number of carbonyl (C=O) groups is 3. The van der Waals surface area contributed by atoms with Gasteiger partial charge in [0, 0.05) is 30.8 Å². The highest BCUT2D eigenvalue weighted by molar-refractivity contribution is 5.98. The van der Waals surface area contributed by atoms with E-state index in [9.17, 15) is 9.59 Å². The van der Waals surface area contributed by atoms with E-state index >= 15 is 4.79 Å². The topological polar surface area (TPSA) is 69.7 Å². The molecule has 6 heteroatoms. The van der Waals surface area contributed by atoms with Gasteiger partial charge in [0.15, 0.2) is 17.3 Å². The Labute approximate surface area is 303 Å². The summed E-state index contributed by atoms with van der Waals surface area (Å²) < 4.78 is 0. The number of aryl methyl sites for hydroxylation is 1. The molecular formula is C45H53N3O3. The largest absolute Gasteiger partial charge is 0.304 e. The van der Waals surface area contributed by atoms with Crippen LogP contribution in [0.5, 0.6) is 0 Å². The van der Waals surface area contributed by atoms with Crippen molar-refractivity contribution in [2.45, 2.75) is 125 Å². The summed E-state index contributed by atoms with van der Waals surface area (Å²) in [6.07, 6.45) is 12.0. The highest BCUT2D eigenvalue weighted by Gasteiger charge is 2.57. The molecule has 6 unspecified atom stereocenters. The van der Waals surface area contributed by atoms with E-state index in [1.165, 1.54) is 11.1 Å². The molecule has 1 spiro atoms. The van der Waals surface area contributed by atoms with Crippen LogP contribution in [0.15, 0.2) is 66.7 Å². The maximum Gasteiger partial charge on any atom is 0.165 e. The molecule has 6 atom stereocenters. The van der Waals surface area contributed by atoms with Gasteiger partial charge in [-0.1, -0.05) is 78.7 Å². The Balaban J connectivity index is 1.10. The predicted octanol–water partition coefficient (Wildman–Crippen LogP) is 7.87. The molecule has 6 nitrogen and oxygen atoms in total. The van der Waals surface area contributed by atoms with Crippen molar-refractivity contribution in [1.29, 1.82) is 0 Å². The first kappa shape index (κ1) is 33.4. The lowest BCUT2D eigenvalue weighted by Crippen LogP contribution is -2.62. The third-order valence-electron chi connectivity index (χ3n) is 14.3. The van der Waals surface area contributed by atoms with Crippen LogP contribution >= 0.6 is 0 Å². The standard InChI is InChI=1S/C45H53N3O3/c1-30-25-33(29-36(26-30)43(46-2)19-4-3-17-40(43)49)38-16-9-20-44(41(38)50,47-22-5-6-23-47)34-13-7-11-31(27-34)37-15-10-21-45(42(37)51)35-14-8-12-32(28-35)39-18-24-48(39)45/h7-8,11-14,25-29,37-39,46H,3-6,9-10,15-24H2,1-2H3. The van der Waals surface area contributed by atoms with Gasteiger partial charge in [0.2, 0.25) is 0 Å². The van der Waals surface area contributed by atoms with Gasteiger partial charge in [0.05, 0.1) is 0 Å². The Morgan fingerprint density at radius 3 is 1.98 bits per heavy atom. The van der Waals surface area contributed by atoms with E-state index in [0.717, 1.165) is 125 Å². The maximum absolute atomic E-state index is 15.4. The van der Waals surface area contributed by atoms with Gasteiger partial charge >= 0.3 is 0 Å². The summed E-state index contributed by atoms with van der Waals surface area (Å²) in [4.78, 5) is 48.8. The molecule has 3 aliphatic carbocycles. The molecule has 5 fully saturated rings. The summed E-state index contributed by atoms with van der Waals surface area (Å²) in [5.41, 5.74) is 5.89. The van der Waals surface area contributed by atoms with Crippen LogP contribution in [0.2, 0.25) is 0 Å². The van der Waals surface area contributed by atoms with E-state index in [0.29, 0.717) is 18.2 Å². The lowest BCUT2D eigenvalue weighted by atomic mass is 9.63. The van der Waals surface area contributed by atoms with E-state index in [1.54, 1.807) is 0 Å². The van der Waals surface area contributed by atoms with Crippen molar-refractivity contribution < 1.29 is 14.4 Å². The molecule has 3 heterocycles. The van der Waals surface area contributed by atoms with Gasteiger partial charge in [-0.05, 0) is 131 Å². The molecule has 3 aliphatic heterocycles. The van der Waals surface area contributed by atoms with Crippen molar-refractivity contribution in [2.24, 2.45) is 0 Å². The van der Waals surface area contributed by atoms with Crippen LogP contribution in [-0.2, 0) is 31.0 Å². The maximum atomic E-state index is 15.4. The Kier molecular flexibility index (Phi) is 8.25. The van der Waals surface area contributed by atoms with Crippen LogP contribution in [0, 0.1) is 6.92 Å². The SMILES string of the molecule is CNC1(c2cc(C)cc(C3CCCC(c4cccc(C5CCCC6(C5=O)c5cccc(c5)C5CCN56)c4)(N4CCCC4)C3=O)c2)CCCCC1=O. The average Bonchev–Trinajstić information content (AvgIpc) is 3.68. The molecule has 266 valence electrons. The Morgan fingerprint density at radius 2 is 1.27 bits per heavy atom. The number of fused-ring (bicyclic) bond motifs is 6. The van der Waals surface area contributed by atoms with Crippen molar-refractivity contribution in [3.05, 3.63) is 106 Å².